The number of ether oxygens (including phenoxy) is 1. The number of carbonyl (C=O) groups excluding carboxylic acids is 1. The van der Waals surface area contributed by atoms with Crippen molar-refractivity contribution in [1.29, 1.82) is 0 Å². The van der Waals surface area contributed by atoms with Gasteiger partial charge in [0, 0.05) is 38.2 Å². The molecule has 2 aliphatic heterocycles. The minimum atomic E-state index is -0.399. The van der Waals surface area contributed by atoms with Crippen LogP contribution < -0.4 is 5.56 Å². The van der Waals surface area contributed by atoms with Gasteiger partial charge < -0.3 is 19.3 Å². The number of likely N-dealkylation sites (tertiary alicyclic amines) is 1. The smallest absolute Gasteiger partial charge is 0.250 e. The predicted octanol–water partition coefficient (Wildman–Crippen LogP) is 2.12. The van der Waals surface area contributed by atoms with Gasteiger partial charge in [-0.1, -0.05) is 36.4 Å². The van der Waals surface area contributed by atoms with Crippen molar-refractivity contribution in [2.75, 3.05) is 13.1 Å². The molecule has 0 radical (unpaired) electrons. The molecule has 6 heteroatoms. The Morgan fingerprint density at radius 3 is 2.54 bits per heavy atom. The Labute approximate surface area is 164 Å². The first-order chi connectivity index (χ1) is 13.5. The second-order valence-electron chi connectivity index (χ2n) is 7.84. The summed E-state index contributed by atoms with van der Waals surface area (Å²) in [5.41, 5.74) is 0.523. The highest BCUT2D eigenvalue weighted by Gasteiger charge is 2.44. The summed E-state index contributed by atoms with van der Waals surface area (Å²) in [6, 6.07) is 14.9. The maximum absolute atomic E-state index is 12.6. The Hall–Kier alpha value is -2.44. The van der Waals surface area contributed by atoms with Crippen LogP contribution in [0, 0.1) is 0 Å². The SMILES string of the molecule is O=C(Cn1ccccc1=O)N1CCC2(CC1)C[C@H](O)C[C@H](c1ccccc1)O2. The highest BCUT2D eigenvalue weighted by Crippen LogP contribution is 2.42. The number of aromatic nitrogens is 1. The van der Waals surface area contributed by atoms with Crippen molar-refractivity contribution in [3.63, 3.8) is 0 Å². The quantitative estimate of drug-likeness (QED) is 0.883. The van der Waals surface area contributed by atoms with E-state index in [4.69, 9.17) is 4.74 Å². The van der Waals surface area contributed by atoms with Gasteiger partial charge in [-0.3, -0.25) is 9.59 Å². The zero-order valence-electron chi connectivity index (χ0n) is 15.9. The third-order valence-corrected chi connectivity index (χ3v) is 5.89. The van der Waals surface area contributed by atoms with Crippen LogP contribution in [0.15, 0.2) is 59.5 Å². The molecule has 1 aromatic carbocycles. The Morgan fingerprint density at radius 1 is 1.11 bits per heavy atom. The molecule has 148 valence electrons. The van der Waals surface area contributed by atoms with Gasteiger partial charge in [-0.05, 0) is 24.5 Å². The maximum atomic E-state index is 12.6. The topological polar surface area (TPSA) is 71.8 Å². The number of piperidine rings is 1. The molecule has 0 aliphatic carbocycles. The summed E-state index contributed by atoms with van der Waals surface area (Å²) in [6.45, 7) is 1.21. The second kappa shape index (κ2) is 7.89. The molecule has 1 aromatic heterocycles. The molecule has 0 saturated carbocycles. The van der Waals surface area contributed by atoms with E-state index >= 15 is 0 Å². The zero-order valence-corrected chi connectivity index (χ0v) is 15.9. The molecule has 2 aliphatic rings. The number of nitrogens with zero attached hydrogens (tertiary/aromatic N) is 2. The van der Waals surface area contributed by atoms with Gasteiger partial charge >= 0.3 is 0 Å². The van der Waals surface area contributed by atoms with Crippen LogP contribution >= 0.6 is 0 Å². The van der Waals surface area contributed by atoms with Gasteiger partial charge in [0.2, 0.25) is 5.91 Å². The Balaban J connectivity index is 1.40. The largest absolute Gasteiger partial charge is 0.393 e. The van der Waals surface area contributed by atoms with Crippen LogP contribution in [0.3, 0.4) is 0 Å². The number of aliphatic hydroxyl groups is 1. The van der Waals surface area contributed by atoms with Crippen molar-refractivity contribution in [3.05, 3.63) is 70.6 Å². The Morgan fingerprint density at radius 2 is 1.82 bits per heavy atom. The lowest BCUT2D eigenvalue weighted by molar-refractivity contribution is -0.186. The van der Waals surface area contributed by atoms with Crippen molar-refractivity contribution in [1.82, 2.24) is 9.47 Å². The summed E-state index contributed by atoms with van der Waals surface area (Å²) >= 11 is 0. The number of benzene rings is 1. The molecule has 3 heterocycles. The van der Waals surface area contributed by atoms with E-state index in [2.05, 4.69) is 0 Å². The van der Waals surface area contributed by atoms with E-state index in [1.807, 2.05) is 30.3 Å². The molecule has 6 nitrogen and oxygen atoms in total. The third kappa shape index (κ3) is 4.03. The molecule has 2 aromatic rings. The molecule has 2 saturated heterocycles. The van der Waals surface area contributed by atoms with E-state index in [0.717, 1.165) is 5.56 Å². The van der Waals surface area contributed by atoms with Crippen LogP contribution in [0.5, 0.6) is 0 Å². The molecular weight excluding hydrogens is 356 g/mol. The first-order valence-corrected chi connectivity index (χ1v) is 9.89. The van der Waals surface area contributed by atoms with Gasteiger partial charge in [-0.25, -0.2) is 0 Å². The average Bonchev–Trinajstić information content (AvgIpc) is 2.70. The lowest BCUT2D eigenvalue weighted by Crippen LogP contribution is -2.52. The first-order valence-electron chi connectivity index (χ1n) is 9.89. The zero-order chi connectivity index (χ0) is 19.6. The van der Waals surface area contributed by atoms with E-state index in [0.29, 0.717) is 38.8 Å². The van der Waals surface area contributed by atoms with Crippen molar-refractivity contribution >= 4 is 5.91 Å². The first kappa shape index (κ1) is 18.9. The van der Waals surface area contributed by atoms with E-state index in [-0.39, 0.29) is 24.1 Å². The molecule has 4 rings (SSSR count). The number of amides is 1. The fourth-order valence-corrected chi connectivity index (χ4v) is 4.35. The number of rotatable bonds is 3. The van der Waals surface area contributed by atoms with E-state index in [1.165, 1.54) is 10.6 Å². The molecule has 1 N–H and O–H groups in total. The number of aliphatic hydroxyl groups excluding tert-OH is 1. The summed E-state index contributed by atoms with van der Waals surface area (Å²) in [5.74, 6) is -0.0564. The van der Waals surface area contributed by atoms with Crippen molar-refractivity contribution in [2.24, 2.45) is 0 Å². The molecule has 1 spiro atoms. The van der Waals surface area contributed by atoms with Crippen molar-refractivity contribution < 1.29 is 14.6 Å². The van der Waals surface area contributed by atoms with E-state index < -0.39 is 11.7 Å². The number of carbonyl (C=O) groups is 1. The Bertz CT molecular complexity index is 871. The monoisotopic (exact) mass is 382 g/mol. The van der Waals surface area contributed by atoms with Gasteiger partial charge in [-0.15, -0.1) is 0 Å². The second-order valence-corrected chi connectivity index (χ2v) is 7.84. The molecule has 2 fully saturated rings. The normalized spacial score (nSPS) is 24.2. The van der Waals surface area contributed by atoms with Crippen LogP contribution in [0.25, 0.3) is 0 Å². The van der Waals surface area contributed by atoms with Gasteiger partial charge in [0.1, 0.15) is 6.54 Å². The van der Waals surface area contributed by atoms with Crippen LogP contribution in [0.4, 0.5) is 0 Å². The minimum Gasteiger partial charge on any atom is -0.393 e. The molecule has 1 amide bonds. The lowest BCUT2D eigenvalue weighted by Gasteiger charge is -2.48. The summed E-state index contributed by atoms with van der Waals surface area (Å²) in [4.78, 5) is 26.2. The fourth-order valence-electron chi connectivity index (χ4n) is 4.35. The van der Waals surface area contributed by atoms with Crippen molar-refractivity contribution in [3.8, 4) is 0 Å². The third-order valence-electron chi connectivity index (χ3n) is 5.89. The number of pyridine rings is 1. The molecule has 2 atom stereocenters. The molecule has 28 heavy (non-hydrogen) atoms. The maximum Gasteiger partial charge on any atom is 0.250 e. The average molecular weight is 382 g/mol. The van der Waals surface area contributed by atoms with E-state index in [9.17, 15) is 14.7 Å². The van der Waals surface area contributed by atoms with Crippen LogP contribution in [0.1, 0.15) is 37.4 Å². The summed E-state index contributed by atoms with van der Waals surface area (Å²) in [7, 11) is 0. The van der Waals surface area contributed by atoms with Crippen molar-refractivity contribution in [2.45, 2.75) is 50.0 Å². The lowest BCUT2D eigenvalue weighted by atomic mass is 9.81. The van der Waals surface area contributed by atoms with Gasteiger partial charge in [0.05, 0.1) is 17.8 Å². The van der Waals surface area contributed by atoms with Gasteiger partial charge in [0.25, 0.3) is 5.56 Å². The Kier molecular flexibility index (Phi) is 5.33. The molecule has 0 unspecified atom stereocenters. The highest BCUT2D eigenvalue weighted by atomic mass is 16.5. The van der Waals surface area contributed by atoms with Gasteiger partial charge in [0.15, 0.2) is 0 Å². The number of hydrogen-bond donors (Lipinski definition) is 1. The summed E-state index contributed by atoms with van der Waals surface area (Å²) in [5, 5.41) is 10.5. The van der Waals surface area contributed by atoms with Crippen LogP contribution in [-0.2, 0) is 16.1 Å². The van der Waals surface area contributed by atoms with Gasteiger partial charge in [-0.2, -0.15) is 0 Å². The molecular formula is C22H26N2O4. The highest BCUT2D eigenvalue weighted by molar-refractivity contribution is 5.76. The van der Waals surface area contributed by atoms with Crippen LogP contribution in [0.2, 0.25) is 0 Å². The standard InChI is InChI=1S/C22H26N2O4/c25-18-14-19(17-6-2-1-3-7-17)28-22(15-18)9-12-23(13-10-22)21(27)16-24-11-5-4-8-20(24)26/h1-8,11,18-19,25H,9-10,12-16H2/t18-,19-/m1/s1. The molecule has 0 bridgehead atoms. The predicted molar refractivity (Wildman–Crippen MR) is 105 cm³/mol. The van der Waals surface area contributed by atoms with E-state index in [1.54, 1.807) is 23.2 Å². The van der Waals surface area contributed by atoms with Crippen LogP contribution in [-0.4, -0.2) is 45.3 Å². The summed E-state index contributed by atoms with van der Waals surface area (Å²) in [6.07, 6.45) is 3.73. The summed E-state index contributed by atoms with van der Waals surface area (Å²) < 4.78 is 7.91. The number of hydrogen-bond acceptors (Lipinski definition) is 4. The minimum absolute atomic E-state index is 0.0564. The fraction of sp³-hybridized carbons (Fsp3) is 0.455.